The highest BCUT2D eigenvalue weighted by Gasteiger charge is 2.22. The van der Waals surface area contributed by atoms with Gasteiger partial charge in [0.15, 0.2) is 0 Å². The molecule has 4 nitrogen and oxygen atoms in total. The van der Waals surface area contributed by atoms with Crippen molar-refractivity contribution in [3.05, 3.63) is 65.2 Å². The lowest BCUT2D eigenvalue weighted by molar-refractivity contribution is 0.0940. The summed E-state index contributed by atoms with van der Waals surface area (Å²) in [6, 6.07) is 9.83. The molecule has 1 N–H and O–H groups in total. The van der Waals surface area contributed by atoms with Crippen LogP contribution in [0.2, 0.25) is 0 Å². The Morgan fingerprint density at radius 3 is 2.24 bits per heavy atom. The summed E-state index contributed by atoms with van der Waals surface area (Å²) in [5.41, 5.74) is 0.398. The van der Waals surface area contributed by atoms with Gasteiger partial charge in [-0.15, -0.1) is 0 Å². The molecule has 0 saturated heterocycles. The first-order valence-electron chi connectivity index (χ1n) is 8.05. The molecule has 2 aromatic rings. The number of likely N-dealkylation sites (N-methyl/N-ethyl adjacent to an activating group) is 1. The van der Waals surface area contributed by atoms with Gasteiger partial charge < -0.3 is 15.0 Å². The summed E-state index contributed by atoms with van der Waals surface area (Å²) in [6.07, 6.45) is 0. The van der Waals surface area contributed by atoms with Gasteiger partial charge in [0.2, 0.25) is 0 Å². The molecule has 0 heterocycles. The second-order valence-electron chi connectivity index (χ2n) is 5.78. The summed E-state index contributed by atoms with van der Waals surface area (Å²) in [5, 5.41) is 2.73. The van der Waals surface area contributed by atoms with Gasteiger partial charge in [-0.1, -0.05) is 6.07 Å². The molecule has 1 amide bonds. The van der Waals surface area contributed by atoms with Crippen LogP contribution in [0.25, 0.3) is 0 Å². The molecule has 0 fully saturated rings. The second-order valence-corrected chi connectivity index (χ2v) is 5.78. The molecule has 0 aliphatic carbocycles. The van der Waals surface area contributed by atoms with Gasteiger partial charge in [-0.2, -0.15) is 0 Å². The van der Waals surface area contributed by atoms with E-state index in [0.717, 1.165) is 0 Å². The Hall–Kier alpha value is -2.47. The van der Waals surface area contributed by atoms with Gasteiger partial charge in [0.1, 0.15) is 17.4 Å². The second kappa shape index (κ2) is 8.58. The SMILES string of the molecule is CCOc1ccc(C(=O)NCC(c2c(F)cccc2F)N(C)C)cc1. The molecule has 0 bridgehead atoms. The Morgan fingerprint density at radius 2 is 1.72 bits per heavy atom. The number of benzene rings is 2. The molecule has 0 aliphatic heterocycles. The minimum absolute atomic E-state index is 0.0560. The van der Waals surface area contributed by atoms with Crippen molar-refractivity contribution < 1.29 is 18.3 Å². The molecule has 0 saturated carbocycles. The molecular formula is C19H22F2N2O2. The fourth-order valence-corrected chi connectivity index (χ4v) is 2.53. The van der Waals surface area contributed by atoms with Crippen molar-refractivity contribution >= 4 is 5.91 Å². The van der Waals surface area contributed by atoms with E-state index in [1.54, 1.807) is 43.3 Å². The monoisotopic (exact) mass is 348 g/mol. The highest BCUT2D eigenvalue weighted by atomic mass is 19.1. The summed E-state index contributed by atoms with van der Waals surface area (Å²) in [5.74, 6) is -0.895. The summed E-state index contributed by atoms with van der Waals surface area (Å²) >= 11 is 0. The molecule has 134 valence electrons. The van der Waals surface area contributed by atoms with E-state index >= 15 is 0 Å². The summed E-state index contributed by atoms with van der Waals surface area (Å²) in [6.45, 7) is 2.50. The van der Waals surface area contributed by atoms with Gasteiger partial charge in [-0.3, -0.25) is 4.79 Å². The maximum Gasteiger partial charge on any atom is 0.251 e. The average Bonchev–Trinajstić information content (AvgIpc) is 2.58. The van der Waals surface area contributed by atoms with Crippen molar-refractivity contribution in [3.63, 3.8) is 0 Å². The topological polar surface area (TPSA) is 41.6 Å². The maximum absolute atomic E-state index is 14.0. The number of nitrogens with zero attached hydrogens (tertiary/aromatic N) is 1. The minimum atomic E-state index is -0.631. The van der Waals surface area contributed by atoms with E-state index < -0.39 is 17.7 Å². The number of amides is 1. The molecule has 6 heteroatoms. The third kappa shape index (κ3) is 4.76. The van der Waals surface area contributed by atoms with Crippen LogP contribution in [0.3, 0.4) is 0 Å². The number of nitrogens with one attached hydrogen (secondary N) is 1. The van der Waals surface area contributed by atoms with Crippen LogP contribution in [0.1, 0.15) is 28.9 Å². The molecule has 1 atom stereocenters. The van der Waals surface area contributed by atoms with Gasteiger partial charge in [0.05, 0.1) is 12.6 Å². The molecule has 2 rings (SSSR count). The molecule has 0 spiro atoms. The Balaban J connectivity index is 2.09. The van der Waals surface area contributed by atoms with Gasteiger partial charge in [-0.25, -0.2) is 8.78 Å². The summed E-state index contributed by atoms with van der Waals surface area (Å²) < 4.78 is 33.4. The number of carbonyl (C=O) groups is 1. The van der Waals surface area contributed by atoms with E-state index in [-0.39, 0.29) is 18.0 Å². The van der Waals surface area contributed by atoms with Crippen molar-refractivity contribution in [2.24, 2.45) is 0 Å². The smallest absolute Gasteiger partial charge is 0.251 e. The van der Waals surface area contributed by atoms with Crippen molar-refractivity contribution in [3.8, 4) is 5.75 Å². The molecule has 0 radical (unpaired) electrons. The number of ether oxygens (including phenoxy) is 1. The number of halogens is 2. The number of hydrogen-bond donors (Lipinski definition) is 1. The third-order valence-electron chi connectivity index (χ3n) is 3.84. The summed E-state index contributed by atoms with van der Waals surface area (Å²) in [7, 11) is 3.42. The van der Waals surface area contributed by atoms with E-state index in [0.29, 0.717) is 17.9 Å². The van der Waals surface area contributed by atoms with E-state index in [1.165, 1.54) is 18.2 Å². The maximum atomic E-state index is 14.0. The largest absolute Gasteiger partial charge is 0.494 e. The van der Waals surface area contributed by atoms with Gasteiger partial charge >= 0.3 is 0 Å². The molecule has 1 unspecified atom stereocenters. The highest BCUT2D eigenvalue weighted by molar-refractivity contribution is 5.94. The Morgan fingerprint density at radius 1 is 1.12 bits per heavy atom. The van der Waals surface area contributed by atoms with Crippen LogP contribution in [0, 0.1) is 11.6 Å². The van der Waals surface area contributed by atoms with Crippen LogP contribution in [-0.4, -0.2) is 38.1 Å². The first kappa shape index (κ1) is 18.9. The summed E-state index contributed by atoms with van der Waals surface area (Å²) in [4.78, 5) is 14.0. The van der Waals surface area contributed by atoms with Crippen LogP contribution < -0.4 is 10.1 Å². The van der Waals surface area contributed by atoms with E-state index in [9.17, 15) is 13.6 Å². The van der Waals surface area contributed by atoms with Crippen LogP contribution in [0.4, 0.5) is 8.78 Å². The number of rotatable bonds is 7. The zero-order valence-corrected chi connectivity index (χ0v) is 14.6. The van der Waals surface area contributed by atoms with Crippen molar-refractivity contribution in [2.75, 3.05) is 27.2 Å². The molecule has 25 heavy (non-hydrogen) atoms. The lowest BCUT2D eigenvalue weighted by Gasteiger charge is -2.25. The Kier molecular flexibility index (Phi) is 6.47. The molecule has 0 aliphatic rings. The van der Waals surface area contributed by atoms with Crippen LogP contribution in [0.15, 0.2) is 42.5 Å². The lowest BCUT2D eigenvalue weighted by atomic mass is 10.0. The van der Waals surface area contributed by atoms with E-state index in [4.69, 9.17) is 4.74 Å². The molecule has 0 aromatic heterocycles. The van der Waals surface area contributed by atoms with Crippen LogP contribution in [-0.2, 0) is 0 Å². The standard InChI is InChI=1S/C19H22F2N2O2/c1-4-25-14-10-8-13(9-11-14)19(24)22-12-17(23(2)3)18-15(20)6-5-7-16(18)21/h5-11,17H,4,12H2,1-3H3,(H,22,24). The quantitative estimate of drug-likeness (QED) is 0.834. The van der Waals surface area contributed by atoms with E-state index in [2.05, 4.69) is 5.32 Å². The Bertz CT molecular complexity index is 698. The van der Waals surface area contributed by atoms with Gasteiger partial charge in [0, 0.05) is 17.7 Å². The predicted octanol–water partition coefficient (Wildman–Crippen LogP) is 3.40. The third-order valence-corrected chi connectivity index (χ3v) is 3.84. The fraction of sp³-hybridized carbons (Fsp3) is 0.316. The van der Waals surface area contributed by atoms with Gasteiger partial charge in [0.25, 0.3) is 5.91 Å². The lowest BCUT2D eigenvalue weighted by Crippen LogP contribution is -2.35. The Labute approximate surface area is 146 Å². The number of hydrogen-bond acceptors (Lipinski definition) is 3. The predicted molar refractivity (Wildman–Crippen MR) is 92.7 cm³/mol. The van der Waals surface area contributed by atoms with Crippen LogP contribution >= 0.6 is 0 Å². The number of carbonyl (C=O) groups excluding carboxylic acids is 1. The first-order valence-corrected chi connectivity index (χ1v) is 8.05. The zero-order chi connectivity index (χ0) is 18.4. The average molecular weight is 348 g/mol. The van der Waals surface area contributed by atoms with Crippen molar-refractivity contribution in [2.45, 2.75) is 13.0 Å². The first-order chi connectivity index (χ1) is 11.9. The van der Waals surface area contributed by atoms with E-state index in [1.807, 2.05) is 6.92 Å². The molecule has 2 aromatic carbocycles. The van der Waals surface area contributed by atoms with Gasteiger partial charge in [-0.05, 0) is 57.4 Å². The highest BCUT2D eigenvalue weighted by Crippen LogP contribution is 2.24. The van der Waals surface area contributed by atoms with Crippen molar-refractivity contribution in [1.29, 1.82) is 0 Å². The van der Waals surface area contributed by atoms with Crippen LogP contribution in [0.5, 0.6) is 5.75 Å². The zero-order valence-electron chi connectivity index (χ0n) is 14.6. The van der Waals surface area contributed by atoms with Crippen molar-refractivity contribution in [1.82, 2.24) is 10.2 Å². The fourth-order valence-electron chi connectivity index (χ4n) is 2.53. The minimum Gasteiger partial charge on any atom is -0.494 e. The normalized spacial score (nSPS) is 12.1. The molecular weight excluding hydrogens is 326 g/mol.